The van der Waals surface area contributed by atoms with Gasteiger partial charge < -0.3 is 20.3 Å². The van der Waals surface area contributed by atoms with Crippen LogP contribution in [0.1, 0.15) is 52.4 Å². The van der Waals surface area contributed by atoms with Gasteiger partial charge in [-0.05, 0) is 43.2 Å². The molecule has 3 N–H and O–H groups in total. The Kier molecular flexibility index (Phi) is 5.24. The number of carbonyl (C=O) groups is 4. The van der Waals surface area contributed by atoms with Crippen LogP contribution in [0.4, 0.5) is 10.5 Å². The molecule has 3 heterocycles. The Bertz CT molecular complexity index is 1180. The maximum atomic E-state index is 12.8. The molecule has 2 aromatic carbocycles. The summed E-state index contributed by atoms with van der Waals surface area (Å²) in [6.07, 6.45) is 1.19. The molecule has 1 fully saturated rings. The quantitative estimate of drug-likeness (QED) is 0.624. The number of imide groups is 1. The molecular weight excluding hydrogens is 424 g/mol. The Morgan fingerprint density at radius 3 is 2.79 bits per heavy atom. The first-order chi connectivity index (χ1) is 15.9. The number of anilines is 1. The van der Waals surface area contributed by atoms with Crippen molar-refractivity contribution in [2.75, 3.05) is 11.9 Å². The Labute approximate surface area is 190 Å². The van der Waals surface area contributed by atoms with Gasteiger partial charge in [-0.25, -0.2) is 4.79 Å². The van der Waals surface area contributed by atoms with Gasteiger partial charge in [-0.15, -0.1) is 0 Å². The fourth-order valence-corrected chi connectivity index (χ4v) is 4.64. The second-order valence-electron chi connectivity index (χ2n) is 8.60. The van der Waals surface area contributed by atoms with Crippen molar-refractivity contribution in [1.82, 2.24) is 15.5 Å². The number of aryl methyl sites for hydroxylation is 1. The van der Waals surface area contributed by atoms with E-state index in [2.05, 4.69) is 16.0 Å². The third-order valence-electron chi connectivity index (χ3n) is 6.29. The van der Waals surface area contributed by atoms with E-state index >= 15 is 0 Å². The maximum absolute atomic E-state index is 12.8. The SMILES string of the molecule is Cc1ccc2c(c1)[C@H](NC(=O)Nc1ccc3c(c1)CN(C1CCC(=O)NC1=O)C3=O)CCO2. The van der Waals surface area contributed by atoms with E-state index in [1.807, 2.05) is 25.1 Å². The summed E-state index contributed by atoms with van der Waals surface area (Å²) in [5.41, 5.74) is 3.83. The molecule has 5 rings (SSSR count). The molecule has 0 saturated carbocycles. The Hall–Kier alpha value is -3.88. The van der Waals surface area contributed by atoms with E-state index in [-0.39, 0.29) is 36.9 Å². The first-order valence-electron chi connectivity index (χ1n) is 11.0. The van der Waals surface area contributed by atoms with Gasteiger partial charge in [0.15, 0.2) is 0 Å². The first-order valence-corrected chi connectivity index (χ1v) is 11.0. The standard InChI is InChI=1S/C24H24N4O5/c1-13-2-6-20-17(10-13)18(8-9-33-20)26-24(32)25-15-3-4-16-14(11-15)12-28(23(16)31)19-5-7-21(29)27-22(19)30/h2-4,6,10-11,18-19H,5,7-9,12H2,1H3,(H2,25,26,32)(H,27,29,30)/t18-,19?/m1/s1. The van der Waals surface area contributed by atoms with Gasteiger partial charge in [-0.2, -0.15) is 0 Å². The molecule has 0 aromatic heterocycles. The van der Waals surface area contributed by atoms with Crippen molar-refractivity contribution in [1.29, 1.82) is 0 Å². The van der Waals surface area contributed by atoms with Gasteiger partial charge in [0.25, 0.3) is 5.91 Å². The summed E-state index contributed by atoms with van der Waals surface area (Å²) in [5.74, 6) is -0.233. The summed E-state index contributed by atoms with van der Waals surface area (Å²) >= 11 is 0. The summed E-state index contributed by atoms with van der Waals surface area (Å²) in [7, 11) is 0. The molecule has 3 aliphatic rings. The molecule has 5 amide bonds. The average molecular weight is 448 g/mol. The number of hydrogen-bond acceptors (Lipinski definition) is 5. The van der Waals surface area contributed by atoms with Crippen molar-refractivity contribution in [3.63, 3.8) is 0 Å². The van der Waals surface area contributed by atoms with E-state index in [4.69, 9.17) is 4.74 Å². The molecule has 0 bridgehead atoms. The molecule has 3 aliphatic heterocycles. The fourth-order valence-electron chi connectivity index (χ4n) is 4.64. The molecule has 33 heavy (non-hydrogen) atoms. The minimum atomic E-state index is -0.667. The Balaban J connectivity index is 1.27. The van der Waals surface area contributed by atoms with Crippen molar-refractivity contribution >= 4 is 29.4 Å². The van der Waals surface area contributed by atoms with Gasteiger partial charge in [0, 0.05) is 36.2 Å². The summed E-state index contributed by atoms with van der Waals surface area (Å²) < 4.78 is 5.69. The molecule has 1 unspecified atom stereocenters. The highest BCUT2D eigenvalue weighted by molar-refractivity contribution is 6.05. The minimum absolute atomic E-state index is 0.160. The van der Waals surface area contributed by atoms with Crippen molar-refractivity contribution in [3.05, 3.63) is 58.7 Å². The molecule has 9 heteroatoms. The lowest BCUT2D eigenvalue weighted by Gasteiger charge is -2.29. The monoisotopic (exact) mass is 448 g/mol. The largest absolute Gasteiger partial charge is 0.493 e. The van der Waals surface area contributed by atoms with E-state index in [1.54, 1.807) is 18.2 Å². The van der Waals surface area contributed by atoms with E-state index in [0.717, 1.165) is 22.4 Å². The van der Waals surface area contributed by atoms with E-state index in [9.17, 15) is 19.2 Å². The van der Waals surface area contributed by atoms with Crippen LogP contribution in [0.5, 0.6) is 5.75 Å². The van der Waals surface area contributed by atoms with Crippen LogP contribution in [-0.4, -0.2) is 41.3 Å². The third-order valence-corrected chi connectivity index (χ3v) is 6.29. The van der Waals surface area contributed by atoms with Crippen LogP contribution < -0.4 is 20.7 Å². The van der Waals surface area contributed by atoms with Crippen LogP contribution in [-0.2, 0) is 16.1 Å². The van der Waals surface area contributed by atoms with E-state index in [1.165, 1.54) is 4.90 Å². The third kappa shape index (κ3) is 4.02. The smallest absolute Gasteiger partial charge is 0.319 e. The van der Waals surface area contributed by atoms with Crippen LogP contribution in [0, 0.1) is 6.92 Å². The topological polar surface area (TPSA) is 117 Å². The molecule has 9 nitrogen and oxygen atoms in total. The van der Waals surface area contributed by atoms with Crippen LogP contribution in [0.25, 0.3) is 0 Å². The molecule has 0 spiro atoms. The predicted molar refractivity (Wildman–Crippen MR) is 119 cm³/mol. The molecule has 2 aromatic rings. The number of rotatable bonds is 3. The van der Waals surface area contributed by atoms with Crippen LogP contribution in [0.2, 0.25) is 0 Å². The van der Waals surface area contributed by atoms with E-state index in [0.29, 0.717) is 30.7 Å². The van der Waals surface area contributed by atoms with Crippen molar-refractivity contribution in [3.8, 4) is 5.75 Å². The Morgan fingerprint density at radius 1 is 1.12 bits per heavy atom. The number of amides is 5. The number of fused-ring (bicyclic) bond motifs is 2. The highest BCUT2D eigenvalue weighted by Crippen LogP contribution is 2.33. The normalized spacial score (nSPS) is 21.6. The van der Waals surface area contributed by atoms with Crippen molar-refractivity contribution in [2.24, 2.45) is 0 Å². The van der Waals surface area contributed by atoms with Gasteiger partial charge in [-0.1, -0.05) is 17.7 Å². The molecule has 1 saturated heterocycles. The maximum Gasteiger partial charge on any atom is 0.319 e. The van der Waals surface area contributed by atoms with Gasteiger partial charge in [0.1, 0.15) is 11.8 Å². The molecule has 170 valence electrons. The van der Waals surface area contributed by atoms with Gasteiger partial charge in [0.2, 0.25) is 11.8 Å². The zero-order valence-electron chi connectivity index (χ0n) is 18.1. The van der Waals surface area contributed by atoms with Gasteiger partial charge >= 0.3 is 6.03 Å². The summed E-state index contributed by atoms with van der Waals surface area (Å²) in [6, 6.07) is 9.82. The molecule has 2 atom stereocenters. The number of benzene rings is 2. The zero-order chi connectivity index (χ0) is 23.1. The lowest BCUT2D eigenvalue weighted by molar-refractivity contribution is -0.136. The van der Waals surface area contributed by atoms with E-state index < -0.39 is 11.9 Å². The van der Waals surface area contributed by atoms with Crippen LogP contribution >= 0.6 is 0 Å². The summed E-state index contributed by atoms with van der Waals surface area (Å²) in [5, 5.41) is 8.14. The number of nitrogens with zero attached hydrogens (tertiary/aromatic N) is 1. The fraction of sp³-hybridized carbons (Fsp3) is 0.333. The zero-order valence-corrected chi connectivity index (χ0v) is 18.1. The number of nitrogens with one attached hydrogen (secondary N) is 3. The van der Waals surface area contributed by atoms with Gasteiger partial charge in [0.05, 0.1) is 12.6 Å². The summed E-state index contributed by atoms with van der Waals surface area (Å²) in [6.45, 7) is 2.78. The van der Waals surface area contributed by atoms with Crippen LogP contribution in [0.15, 0.2) is 36.4 Å². The first kappa shape index (κ1) is 21.0. The van der Waals surface area contributed by atoms with Crippen LogP contribution in [0.3, 0.4) is 0 Å². The average Bonchev–Trinajstić information content (AvgIpc) is 3.09. The molecule has 0 radical (unpaired) electrons. The number of carbonyl (C=O) groups excluding carboxylic acids is 4. The molecule has 0 aliphatic carbocycles. The number of ether oxygens (including phenoxy) is 1. The predicted octanol–water partition coefficient (Wildman–Crippen LogP) is 2.40. The lowest BCUT2D eigenvalue weighted by atomic mass is 9.99. The molecular formula is C24H24N4O5. The highest BCUT2D eigenvalue weighted by Gasteiger charge is 2.39. The number of urea groups is 1. The number of hydrogen-bond donors (Lipinski definition) is 3. The van der Waals surface area contributed by atoms with Gasteiger partial charge in [-0.3, -0.25) is 19.7 Å². The second-order valence-corrected chi connectivity index (χ2v) is 8.60. The summed E-state index contributed by atoms with van der Waals surface area (Å²) in [4.78, 5) is 50.6. The number of piperidine rings is 1. The van der Waals surface area contributed by atoms with Crippen molar-refractivity contribution in [2.45, 2.75) is 44.8 Å². The van der Waals surface area contributed by atoms with Crippen molar-refractivity contribution < 1.29 is 23.9 Å². The minimum Gasteiger partial charge on any atom is -0.493 e. The second kappa shape index (κ2) is 8.23. The Morgan fingerprint density at radius 2 is 1.97 bits per heavy atom. The lowest BCUT2D eigenvalue weighted by Crippen LogP contribution is -2.52. The highest BCUT2D eigenvalue weighted by atomic mass is 16.5.